The molecule has 2 rings (SSSR count). The molecule has 2 atom stereocenters. The van der Waals surface area contributed by atoms with Crippen LogP contribution in [0.1, 0.15) is 19.4 Å². The maximum atomic E-state index is 11.9. The molecule has 0 radical (unpaired) electrons. The van der Waals surface area contributed by atoms with Crippen LogP contribution in [0.2, 0.25) is 5.02 Å². The van der Waals surface area contributed by atoms with Gasteiger partial charge in [-0.15, -0.1) is 0 Å². The molecule has 1 aliphatic rings. The number of aliphatic imine (C=N–C) groups is 1. The predicted molar refractivity (Wildman–Crippen MR) is 99.1 cm³/mol. The summed E-state index contributed by atoms with van der Waals surface area (Å²) < 4.78 is 10.3. The number of nitrogens with zero attached hydrogens (tertiary/aromatic N) is 2. The molecule has 0 spiro atoms. The monoisotopic (exact) mass is 367 g/mol. The Hall–Kier alpha value is -1.95. The van der Waals surface area contributed by atoms with Gasteiger partial charge in [0.2, 0.25) is 0 Å². The standard InChI is InChI=1S/C18H26ClN3O3/c1-5-20-18(22-10-12(2)15(11-22)17(23)25-4)21-9-13-6-7-14(19)8-16(13)24-3/h6-8,12,15H,5,9-11H2,1-4H3,(H,20,21). The second kappa shape index (κ2) is 8.94. The van der Waals surface area contributed by atoms with Gasteiger partial charge in [-0.05, 0) is 25.0 Å². The largest absolute Gasteiger partial charge is 0.496 e. The van der Waals surface area contributed by atoms with Crippen LogP contribution >= 0.6 is 11.6 Å². The molecule has 1 fully saturated rings. The Labute approximate surface area is 154 Å². The van der Waals surface area contributed by atoms with Crippen molar-refractivity contribution >= 4 is 23.5 Å². The molecule has 0 saturated carbocycles. The van der Waals surface area contributed by atoms with Crippen molar-refractivity contribution in [1.82, 2.24) is 10.2 Å². The second-order valence-corrected chi connectivity index (χ2v) is 6.57. The lowest BCUT2D eigenvalue weighted by atomic mass is 9.99. The Kier molecular flexibility index (Phi) is 6.93. The van der Waals surface area contributed by atoms with Crippen molar-refractivity contribution in [2.24, 2.45) is 16.8 Å². The summed E-state index contributed by atoms with van der Waals surface area (Å²) in [5, 5.41) is 3.93. The smallest absolute Gasteiger partial charge is 0.310 e. The first kappa shape index (κ1) is 19.4. The first-order valence-corrected chi connectivity index (χ1v) is 8.81. The molecule has 0 amide bonds. The van der Waals surface area contributed by atoms with Crippen molar-refractivity contribution in [1.29, 1.82) is 0 Å². The molecule has 0 aliphatic carbocycles. The third-order valence-electron chi connectivity index (χ3n) is 4.40. The fourth-order valence-electron chi connectivity index (χ4n) is 3.03. The summed E-state index contributed by atoms with van der Waals surface area (Å²) in [6, 6.07) is 5.52. The molecule has 0 bridgehead atoms. The normalized spacial score (nSPS) is 20.5. The molecule has 0 aromatic heterocycles. The fourth-order valence-corrected chi connectivity index (χ4v) is 3.19. The zero-order valence-corrected chi connectivity index (χ0v) is 16.0. The third kappa shape index (κ3) is 4.78. The highest BCUT2D eigenvalue weighted by molar-refractivity contribution is 6.30. The Morgan fingerprint density at radius 3 is 2.80 bits per heavy atom. The van der Waals surface area contributed by atoms with Gasteiger partial charge < -0.3 is 19.7 Å². The van der Waals surface area contributed by atoms with Gasteiger partial charge in [-0.1, -0.05) is 24.6 Å². The summed E-state index contributed by atoms with van der Waals surface area (Å²) in [6.07, 6.45) is 0. The molecular weight excluding hydrogens is 342 g/mol. The first-order valence-electron chi connectivity index (χ1n) is 8.43. The second-order valence-electron chi connectivity index (χ2n) is 6.14. The van der Waals surface area contributed by atoms with E-state index < -0.39 is 0 Å². The van der Waals surface area contributed by atoms with Gasteiger partial charge in [0.15, 0.2) is 5.96 Å². The Bertz CT molecular complexity index is 636. The van der Waals surface area contributed by atoms with E-state index in [0.717, 1.165) is 24.6 Å². The van der Waals surface area contributed by atoms with Crippen LogP contribution in [0.3, 0.4) is 0 Å². The van der Waals surface area contributed by atoms with Crippen LogP contribution in [0.25, 0.3) is 0 Å². The molecule has 1 heterocycles. The number of benzene rings is 1. The topological polar surface area (TPSA) is 63.2 Å². The molecular formula is C18H26ClN3O3. The summed E-state index contributed by atoms with van der Waals surface area (Å²) in [5.41, 5.74) is 0.957. The van der Waals surface area contributed by atoms with Crippen molar-refractivity contribution in [3.63, 3.8) is 0 Å². The van der Waals surface area contributed by atoms with Crippen molar-refractivity contribution < 1.29 is 14.3 Å². The average molecular weight is 368 g/mol. The van der Waals surface area contributed by atoms with E-state index in [9.17, 15) is 4.79 Å². The van der Waals surface area contributed by atoms with Crippen LogP contribution < -0.4 is 10.1 Å². The van der Waals surface area contributed by atoms with Gasteiger partial charge in [0, 0.05) is 30.2 Å². The minimum atomic E-state index is -0.162. The van der Waals surface area contributed by atoms with Gasteiger partial charge >= 0.3 is 5.97 Å². The van der Waals surface area contributed by atoms with E-state index >= 15 is 0 Å². The number of rotatable bonds is 5. The first-order chi connectivity index (χ1) is 12.0. The Morgan fingerprint density at radius 1 is 1.40 bits per heavy atom. The summed E-state index contributed by atoms with van der Waals surface area (Å²) >= 11 is 6.01. The molecule has 138 valence electrons. The van der Waals surface area contributed by atoms with Crippen LogP contribution in [-0.2, 0) is 16.1 Å². The number of esters is 1. The van der Waals surface area contributed by atoms with Crippen molar-refractivity contribution in [2.75, 3.05) is 33.9 Å². The lowest BCUT2D eigenvalue weighted by molar-refractivity contribution is -0.145. The predicted octanol–water partition coefficient (Wildman–Crippen LogP) is 2.56. The molecule has 1 saturated heterocycles. The van der Waals surface area contributed by atoms with Gasteiger partial charge in [-0.2, -0.15) is 0 Å². The zero-order valence-electron chi connectivity index (χ0n) is 15.2. The summed E-state index contributed by atoms with van der Waals surface area (Å²) in [4.78, 5) is 18.7. The fraction of sp³-hybridized carbons (Fsp3) is 0.556. The Balaban J connectivity index is 2.15. The maximum absolute atomic E-state index is 11.9. The third-order valence-corrected chi connectivity index (χ3v) is 4.63. The molecule has 1 aromatic rings. The molecule has 1 aromatic carbocycles. The van der Waals surface area contributed by atoms with E-state index in [1.807, 2.05) is 19.1 Å². The van der Waals surface area contributed by atoms with Crippen molar-refractivity contribution in [3.8, 4) is 5.75 Å². The SMILES string of the molecule is CCNC(=NCc1ccc(Cl)cc1OC)N1CC(C)C(C(=O)OC)C1. The molecule has 6 nitrogen and oxygen atoms in total. The molecule has 7 heteroatoms. The Morgan fingerprint density at radius 2 is 2.16 bits per heavy atom. The highest BCUT2D eigenvalue weighted by Crippen LogP contribution is 2.26. The van der Waals surface area contributed by atoms with E-state index in [0.29, 0.717) is 23.9 Å². The van der Waals surface area contributed by atoms with E-state index in [4.69, 9.17) is 26.1 Å². The average Bonchev–Trinajstić information content (AvgIpc) is 3.00. The minimum absolute atomic E-state index is 0.126. The van der Waals surface area contributed by atoms with Crippen LogP contribution in [0.15, 0.2) is 23.2 Å². The molecule has 1 aliphatic heterocycles. The quantitative estimate of drug-likeness (QED) is 0.492. The van der Waals surface area contributed by atoms with Gasteiger partial charge in [-0.25, -0.2) is 4.99 Å². The highest BCUT2D eigenvalue weighted by Gasteiger charge is 2.36. The van der Waals surface area contributed by atoms with Gasteiger partial charge in [-0.3, -0.25) is 4.79 Å². The lowest BCUT2D eigenvalue weighted by Crippen LogP contribution is -2.40. The van der Waals surface area contributed by atoms with Crippen molar-refractivity contribution in [2.45, 2.75) is 20.4 Å². The number of methoxy groups -OCH3 is 2. The van der Waals surface area contributed by atoms with E-state index in [-0.39, 0.29) is 17.8 Å². The van der Waals surface area contributed by atoms with Crippen molar-refractivity contribution in [3.05, 3.63) is 28.8 Å². The minimum Gasteiger partial charge on any atom is -0.496 e. The van der Waals surface area contributed by atoms with Gasteiger partial charge in [0.25, 0.3) is 0 Å². The number of likely N-dealkylation sites (tertiary alicyclic amines) is 1. The van der Waals surface area contributed by atoms with Gasteiger partial charge in [0.05, 0.1) is 26.7 Å². The van der Waals surface area contributed by atoms with Crippen LogP contribution in [-0.4, -0.2) is 50.7 Å². The maximum Gasteiger partial charge on any atom is 0.310 e. The number of hydrogen-bond acceptors (Lipinski definition) is 4. The number of hydrogen-bond donors (Lipinski definition) is 1. The molecule has 1 N–H and O–H groups in total. The number of nitrogens with one attached hydrogen (secondary N) is 1. The van der Waals surface area contributed by atoms with E-state index in [1.165, 1.54) is 7.11 Å². The summed E-state index contributed by atoms with van der Waals surface area (Å²) in [5.74, 6) is 1.44. The number of carbonyl (C=O) groups excluding carboxylic acids is 1. The van der Waals surface area contributed by atoms with E-state index in [2.05, 4.69) is 17.1 Å². The summed E-state index contributed by atoms with van der Waals surface area (Å²) in [7, 11) is 3.05. The number of carbonyl (C=O) groups is 1. The van der Waals surface area contributed by atoms with Crippen LogP contribution in [0, 0.1) is 11.8 Å². The molecule has 2 unspecified atom stereocenters. The summed E-state index contributed by atoms with van der Waals surface area (Å²) in [6.45, 7) is 6.69. The van der Waals surface area contributed by atoms with Gasteiger partial charge in [0.1, 0.15) is 5.75 Å². The zero-order chi connectivity index (χ0) is 18.4. The number of ether oxygens (including phenoxy) is 2. The highest BCUT2D eigenvalue weighted by atomic mass is 35.5. The number of halogens is 1. The number of guanidine groups is 1. The van der Waals surface area contributed by atoms with E-state index in [1.54, 1.807) is 13.2 Å². The van der Waals surface area contributed by atoms with Crippen LogP contribution in [0.5, 0.6) is 5.75 Å². The van der Waals surface area contributed by atoms with Crippen LogP contribution in [0.4, 0.5) is 0 Å². The molecule has 25 heavy (non-hydrogen) atoms. The lowest BCUT2D eigenvalue weighted by Gasteiger charge is -2.21.